The van der Waals surface area contributed by atoms with Gasteiger partial charge in [0.25, 0.3) is 5.91 Å². The topological polar surface area (TPSA) is 77.2 Å². The Hall–Kier alpha value is -2.67. The van der Waals surface area contributed by atoms with Crippen molar-refractivity contribution in [1.29, 1.82) is 0 Å². The van der Waals surface area contributed by atoms with Crippen LogP contribution in [-0.4, -0.2) is 28.7 Å². The lowest BCUT2D eigenvalue weighted by Crippen LogP contribution is -2.25. The summed E-state index contributed by atoms with van der Waals surface area (Å²) in [4.78, 5) is 18.0. The average molecular weight is 412 g/mol. The molecule has 0 spiro atoms. The highest BCUT2D eigenvalue weighted by Gasteiger charge is 2.30. The number of hydrogen-bond donors (Lipinski definition) is 1. The molecule has 7 heteroatoms. The van der Waals surface area contributed by atoms with Crippen LogP contribution in [0.4, 0.5) is 0 Å². The molecule has 1 amide bonds. The molecular formula is C22H25N3O3S. The maximum absolute atomic E-state index is 12.6. The van der Waals surface area contributed by atoms with Crippen LogP contribution < -0.4 is 10.1 Å². The highest BCUT2D eigenvalue weighted by Crippen LogP contribution is 2.40. The van der Waals surface area contributed by atoms with Crippen molar-refractivity contribution in [3.8, 4) is 16.5 Å². The van der Waals surface area contributed by atoms with Crippen LogP contribution in [-0.2, 0) is 6.42 Å². The van der Waals surface area contributed by atoms with Gasteiger partial charge in [0.05, 0.1) is 10.4 Å². The average Bonchev–Trinajstić information content (AvgIpc) is 3.46. The Bertz CT molecular complexity index is 968. The van der Waals surface area contributed by atoms with Gasteiger partial charge in [0.2, 0.25) is 11.7 Å². The first kappa shape index (κ1) is 19.6. The Kier molecular flexibility index (Phi) is 5.94. The molecule has 29 heavy (non-hydrogen) atoms. The third-order valence-electron chi connectivity index (χ3n) is 5.35. The number of nitrogens with one attached hydrogen (secondary N) is 1. The molecule has 152 valence electrons. The Morgan fingerprint density at radius 1 is 1.17 bits per heavy atom. The predicted molar refractivity (Wildman–Crippen MR) is 112 cm³/mol. The maximum Gasteiger partial charge on any atom is 0.255 e. The molecule has 0 saturated heterocycles. The Morgan fingerprint density at radius 2 is 2.07 bits per heavy atom. The van der Waals surface area contributed by atoms with Gasteiger partial charge in [-0.25, -0.2) is 0 Å². The van der Waals surface area contributed by atoms with E-state index in [2.05, 4.69) is 22.4 Å². The van der Waals surface area contributed by atoms with E-state index < -0.39 is 0 Å². The van der Waals surface area contributed by atoms with Gasteiger partial charge in [-0.3, -0.25) is 4.79 Å². The fourth-order valence-electron chi connectivity index (χ4n) is 3.50. The molecule has 0 aliphatic carbocycles. The van der Waals surface area contributed by atoms with Crippen molar-refractivity contribution in [3.63, 3.8) is 0 Å². The summed E-state index contributed by atoms with van der Waals surface area (Å²) < 4.78 is 11.2. The molecule has 0 saturated carbocycles. The highest BCUT2D eigenvalue weighted by atomic mass is 32.1. The van der Waals surface area contributed by atoms with Crippen LogP contribution in [0.2, 0.25) is 0 Å². The highest BCUT2D eigenvalue weighted by molar-refractivity contribution is 7.13. The summed E-state index contributed by atoms with van der Waals surface area (Å²) >= 11 is 1.60. The molecule has 1 aliphatic heterocycles. The second-order valence-electron chi connectivity index (χ2n) is 7.39. The van der Waals surface area contributed by atoms with Crippen LogP contribution in [0.15, 0.2) is 40.2 Å². The van der Waals surface area contributed by atoms with Crippen LogP contribution in [0, 0.1) is 0 Å². The van der Waals surface area contributed by atoms with E-state index in [0.717, 1.165) is 41.9 Å². The van der Waals surface area contributed by atoms with E-state index in [1.54, 1.807) is 11.3 Å². The molecule has 2 unspecified atom stereocenters. The predicted octanol–water partition coefficient (Wildman–Crippen LogP) is 4.83. The normalized spacial score (nSPS) is 17.7. The Morgan fingerprint density at radius 3 is 2.90 bits per heavy atom. The van der Waals surface area contributed by atoms with E-state index in [4.69, 9.17) is 9.26 Å². The van der Waals surface area contributed by atoms with E-state index >= 15 is 0 Å². The van der Waals surface area contributed by atoms with Crippen molar-refractivity contribution in [3.05, 3.63) is 52.7 Å². The van der Waals surface area contributed by atoms with Crippen LogP contribution in [0.3, 0.4) is 0 Å². The summed E-state index contributed by atoms with van der Waals surface area (Å²) in [5.41, 5.74) is 1.75. The number of benzene rings is 1. The van der Waals surface area contributed by atoms with Crippen molar-refractivity contribution in [1.82, 2.24) is 15.5 Å². The van der Waals surface area contributed by atoms with E-state index in [-0.39, 0.29) is 12.0 Å². The van der Waals surface area contributed by atoms with Crippen LogP contribution in [0.25, 0.3) is 10.7 Å². The van der Waals surface area contributed by atoms with E-state index in [9.17, 15) is 4.79 Å². The van der Waals surface area contributed by atoms with Crippen LogP contribution >= 0.6 is 11.3 Å². The van der Waals surface area contributed by atoms with E-state index in [0.29, 0.717) is 29.7 Å². The molecule has 0 fully saturated rings. The number of hydrogen-bond acceptors (Lipinski definition) is 6. The third kappa shape index (κ3) is 4.34. The summed E-state index contributed by atoms with van der Waals surface area (Å²) in [6.07, 6.45) is 3.68. The molecule has 0 bridgehead atoms. The number of fused-ring (bicyclic) bond motifs is 1. The van der Waals surface area contributed by atoms with Gasteiger partial charge in [0, 0.05) is 24.4 Å². The van der Waals surface area contributed by atoms with Gasteiger partial charge in [-0.2, -0.15) is 4.98 Å². The number of amides is 1. The van der Waals surface area contributed by atoms with Gasteiger partial charge in [0.15, 0.2) is 0 Å². The lowest BCUT2D eigenvalue weighted by Gasteiger charge is -2.10. The largest absolute Gasteiger partial charge is 0.489 e. The molecule has 1 aliphatic rings. The molecule has 6 nitrogen and oxygen atoms in total. The number of unbranched alkanes of at least 4 members (excludes halogenated alkanes) is 2. The first-order valence-electron chi connectivity index (χ1n) is 10.1. The smallest absolute Gasteiger partial charge is 0.255 e. The Labute approximate surface area is 174 Å². The summed E-state index contributed by atoms with van der Waals surface area (Å²) in [6, 6.07) is 9.76. The number of ether oxygens (including phenoxy) is 1. The fourth-order valence-corrected chi connectivity index (χ4v) is 4.15. The van der Waals surface area contributed by atoms with E-state index in [1.165, 1.54) is 0 Å². The molecule has 3 heterocycles. The van der Waals surface area contributed by atoms with Gasteiger partial charge in [-0.05, 0) is 37.3 Å². The van der Waals surface area contributed by atoms with Crippen molar-refractivity contribution >= 4 is 17.2 Å². The lowest BCUT2D eigenvalue weighted by atomic mass is 9.97. The molecule has 1 aromatic carbocycles. The number of carbonyl (C=O) groups excluding carboxylic acids is 1. The van der Waals surface area contributed by atoms with E-state index in [1.807, 2.05) is 42.6 Å². The molecule has 0 radical (unpaired) electrons. The number of aromatic nitrogens is 2. The minimum absolute atomic E-state index is 0.0689. The van der Waals surface area contributed by atoms with Crippen molar-refractivity contribution < 1.29 is 14.1 Å². The molecule has 2 atom stereocenters. The number of aryl methyl sites for hydroxylation is 1. The monoisotopic (exact) mass is 411 g/mol. The zero-order valence-electron chi connectivity index (χ0n) is 16.7. The van der Waals surface area contributed by atoms with Gasteiger partial charge in [-0.15, -0.1) is 11.3 Å². The zero-order chi connectivity index (χ0) is 20.2. The number of thiophene rings is 1. The van der Waals surface area contributed by atoms with Gasteiger partial charge < -0.3 is 14.6 Å². The number of carbonyl (C=O) groups is 1. The number of rotatable bonds is 8. The summed E-state index contributed by atoms with van der Waals surface area (Å²) in [7, 11) is 0. The second kappa shape index (κ2) is 8.78. The summed E-state index contributed by atoms with van der Waals surface area (Å²) in [5.74, 6) is 2.30. The molecular weight excluding hydrogens is 386 g/mol. The minimum Gasteiger partial charge on any atom is -0.489 e. The third-order valence-corrected chi connectivity index (χ3v) is 6.22. The standard InChI is InChI=1S/C22H25N3O3S/c1-14-15(2)27-20-16(14)8-6-9-17(20)22(26)23-12-5-3-4-11-19-24-21(25-28-19)18-10-7-13-29-18/h6-10,13-15H,3-5,11-12H2,1-2H3,(H,23,26). The maximum atomic E-state index is 12.6. The van der Waals surface area contributed by atoms with Crippen molar-refractivity contribution in [2.45, 2.75) is 51.6 Å². The molecule has 3 aromatic rings. The van der Waals surface area contributed by atoms with Gasteiger partial charge >= 0.3 is 0 Å². The molecule has 4 rings (SSSR count). The second-order valence-corrected chi connectivity index (χ2v) is 8.34. The fraction of sp³-hybridized carbons (Fsp3) is 0.409. The first-order valence-corrected chi connectivity index (χ1v) is 11.0. The SMILES string of the molecule is CC1Oc2c(C(=O)NCCCCCc3nc(-c4cccs4)no3)cccc2C1C. The minimum atomic E-state index is -0.0689. The zero-order valence-corrected chi connectivity index (χ0v) is 17.5. The van der Waals surface area contributed by atoms with Crippen LogP contribution in [0.5, 0.6) is 5.75 Å². The first-order chi connectivity index (χ1) is 14.1. The summed E-state index contributed by atoms with van der Waals surface area (Å²) in [5, 5.41) is 9.03. The number of para-hydroxylation sites is 1. The van der Waals surface area contributed by atoms with Crippen molar-refractivity contribution in [2.75, 3.05) is 6.54 Å². The quantitative estimate of drug-likeness (QED) is 0.538. The molecule has 2 aromatic heterocycles. The summed E-state index contributed by atoms with van der Waals surface area (Å²) in [6.45, 7) is 4.81. The Balaban J connectivity index is 1.20. The molecule has 1 N–H and O–H groups in total. The van der Waals surface area contributed by atoms with Gasteiger partial charge in [-0.1, -0.05) is 36.7 Å². The lowest BCUT2D eigenvalue weighted by molar-refractivity contribution is 0.0948. The van der Waals surface area contributed by atoms with Crippen LogP contribution in [0.1, 0.15) is 60.8 Å². The van der Waals surface area contributed by atoms with Crippen molar-refractivity contribution in [2.24, 2.45) is 0 Å². The van der Waals surface area contributed by atoms with Gasteiger partial charge in [0.1, 0.15) is 11.9 Å². The number of nitrogens with zero attached hydrogens (tertiary/aromatic N) is 2.